The molecule has 0 unspecified atom stereocenters. The lowest BCUT2D eigenvalue weighted by Crippen LogP contribution is -2.48. The van der Waals surface area contributed by atoms with Gasteiger partial charge < -0.3 is 10.2 Å². The maximum Gasteiger partial charge on any atom is 0.405 e. The zero-order valence-corrected chi connectivity index (χ0v) is 19.2. The summed E-state index contributed by atoms with van der Waals surface area (Å²) in [5.74, 6) is -0.396. The van der Waals surface area contributed by atoms with Gasteiger partial charge in [0.15, 0.2) is 0 Å². The molecular formula is C27H23F3N4O2. The maximum absolute atomic E-state index is 13.0. The Morgan fingerprint density at radius 3 is 2.53 bits per heavy atom. The second-order valence-corrected chi connectivity index (χ2v) is 8.87. The van der Waals surface area contributed by atoms with Crippen molar-refractivity contribution in [1.29, 1.82) is 0 Å². The van der Waals surface area contributed by atoms with Crippen molar-refractivity contribution in [3.05, 3.63) is 95.8 Å². The number of nitrogens with zero attached hydrogens (tertiary/aromatic N) is 3. The van der Waals surface area contributed by atoms with E-state index in [0.717, 1.165) is 11.3 Å². The molecule has 0 bridgehead atoms. The summed E-state index contributed by atoms with van der Waals surface area (Å²) >= 11 is 0. The summed E-state index contributed by atoms with van der Waals surface area (Å²) in [6.07, 6.45) is -1.17. The van der Waals surface area contributed by atoms with Gasteiger partial charge in [-0.1, -0.05) is 48.5 Å². The van der Waals surface area contributed by atoms with Gasteiger partial charge in [0.1, 0.15) is 12.2 Å². The number of amides is 2. The molecule has 1 aliphatic rings. The molecular weight excluding hydrogens is 469 g/mol. The molecule has 5 rings (SSSR count). The molecule has 0 saturated carbocycles. The van der Waals surface area contributed by atoms with Crippen LogP contribution < -0.4 is 5.32 Å². The van der Waals surface area contributed by atoms with Crippen molar-refractivity contribution in [1.82, 2.24) is 19.6 Å². The summed E-state index contributed by atoms with van der Waals surface area (Å²) < 4.78 is 38.9. The number of alkyl halides is 3. The number of aromatic nitrogens is 2. The van der Waals surface area contributed by atoms with E-state index in [1.807, 2.05) is 38.9 Å². The van der Waals surface area contributed by atoms with Crippen molar-refractivity contribution in [2.45, 2.75) is 18.5 Å². The summed E-state index contributed by atoms with van der Waals surface area (Å²) in [6.45, 7) is -0.00169. The van der Waals surface area contributed by atoms with Crippen molar-refractivity contribution >= 4 is 17.5 Å². The van der Waals surface area contributed by atoms with Crippen LogP contribution in [0.2, 0.25) is 0 Å². The van der Waals surface area contributed by atoms with Crippen molar-refractivity contribution in [2.75, 3.05) is 19.6 Å². The number of halogens is 3. The Labute approximate surface area is 205 Å². The van der Waals surface area contributed by atoms with Crippen molar-refractivity contribution in [3.63, 3.8) is 0 Å². The normalized spacial score (nSPS) is 14.0. The molecule has 1 N–H and O–H groups in total. The number of hydrogen-bond acceptors (Lipinski definition) is 3. The minimum absolute atomic E-state index is 0.0407. The summed E-state index contributed by atoms with van der Waals surface area (Å²) in [6, 6.07) is 20.7. The van der Waals surface area contributed by atoms with Crippen LogP contribution in [-0.4, -0.2) is 51.9 Å². The van der Waals surface area contributed by atoms with Gasteiger partial charge in [0.2, 0.25) is 5.91 Å². The fourth-order valence-corrected chi connectivity index (χ4v) is 4.38. The molecule has 9 heteroatoms. The molecule has 1 fully saturated rings. The number of rotatable bonds is 6. The van der Waals surface area contributed by atoms with E-state index in [-0.39, 0.29) is 12.3 Å². The van der Waals surface area contributed by atoms with E-state index in [0.29, 0.717) is 35.8 Å². The lowest BCUT2D eigenvalue weighted by Gasteiger charge is -2.39. The van der Waals surface area contributed by atoms with Gasteiger partial charge in [-0.25, -0.2) is 4.98 Å². The second-order valence-electron chi connectivity index (χ2n) is 8.87. The lowest BCUT2D eigenvalue weighted by atomic mass is 9.91. The minimum atomic E-state index is -4.45. The first kappa shape index (κ1) is 23.6. The molecule has 2 aromatic carbocycles. The van der Waals surface area contributed by atoms with Crippen LogP contribution >= 0.6 is 0 Å². The van der Waals surface area contributed by atoms with Crippen LogP contribution in [0.25, 0.3) is 16.9 Å². The van der Waals surface area contributed by atoms with Gasteiger partial charge in [-0.15, -0.1) is 0 Å². The Hall–Kier alpha value is -4.14. The average molecular weight is 493 g/mol. The number of fused-ring (bicyclic) bond motifs is 1. The first-order valence-electron chi connectivity index (χ1n) is 11.5. The van der Waals surface area contributed by atoms with Crippen LogP contribution in [-0.2, 0) is 11.2 Å². The third-order valence-electron chi connectivity index (χ3n) is 6.27. The second kappa shape index (κ2) is 9.49. The number of carbonyl (C=O) groups is 2. The highest BCUT2D eigenvalue weighted by molar-refractivity contribution is 5.96. The number of imidazole rings is 1. The quantitative estimate of drug-likeness (QED) is 0.432. The molecule has 3 heterocycles. The molecule has 2 aromatic heterocycles. The van der Waals surface area contributed by atoms with Gasteiger partial charge in [0, 0.05) is 36.3 Å². The first-order chi connectivity index (χ1) is 17.3. The Morgan fingerprint density at radius 1 is 1.00 bits per heavy atom. The van der Waals surface area contributed by atoms with Crippen LogP contribution in [0.1, 0.15) is 27.4 Å². The van der Waals surface area contributed by atoms with Crippen LogP contribution in [0, 0.1) is 0 Å². The average Bonchev–Trinajstić information content (AvgIpc) is 3.26. The number of benzene rings is 2. The third-order valence-corrected chi connectivity index (χ3v) is 6.27. The smallest absolute Gasteiger partial charge is 0.347 e. The number of likely N-dealkylation sites (tertiary alicyclic amines) is 1. The fraction of sp³-hybridized carbons (Fsp3) is 0.222. The summed E-state index contributed by atoms with van der Waals surface area (Å²) in [4.78, 5) is 31.1. The van der Waals surface area contributed by atoms with E-state index < -0.39 is 18.6 Å². The number of nitrogens with one attached hydrogen (secondary N) is 1. The fourth-order valence-electron chi connectivity index (χ4n) is 4.38. The molecule has 0 spiro atoms. The van der Waals surface area contributed by atoms with Gasteiger partial charge in [-0.2, -0.15) is 13.2 Å². The molecule has 0 radical (unpaired) electrons. The summed E-state index contributed by atoms with van der Waals surface area (Å²) in [7, 11) is 0. The van der Waals surface area contributed by atoms with Crippen molar-refractivity contribution < 1.29 is 22.8 Å². The van der Waals surface area contributed by atoms with E-state index in [1.54, 1.807) is 42.7 Å². The van der Waals surface area contributed by atoms with E-state index in [4.69, 9.17) is 0 Å². The van der Waals surface area contributed by atoms with Gasteiger partial charge in [0.05, 0.1) is 18.3 Å². The first-order valence-corrected chi connectivity index (χ1v) is 11.5. The van der Waals surface area contributed by atoms with E-state index >= 15 is 0 Å². The highest BCUT2D eigenvalue weighted by Gasteiger charge is 2.32. The number of carbonyl (C=O) groups excluding carboxylic acids is 2. The van der Waals surface area contributed by atoms with Crippen molar-refractivity contribution in [3.8, 4) is 11.3 Å². The number of hydrogen-bond donors (Lipinski definition) is 1. The molecule has 36 heavy (non-hydrogen) atoms. The molecule has 2 amide bonds. The highest BCUT2D eigenvalue weighted by Crippen LogP contribution is 2.29. The standard InChI is InChI=1S/C27H23F3N4O2/c28-27(29,30)17-32-25(35)12-18-5-4-8-20(11-18)23-14-31-24-13-21(9-10-34(23)24)26(36)33-15-22(16-33)19-6-2-1-3-7-19/h1-11,13-14,22H,12,15-17H2,(H,32,35). The van der Waals surface area contributed by atoms with Crippen LogP contribution in [0.5, 0.6) is 0 Å². The van der Waals surface area contributed by atoms with Crippen LogP contribution in [0.15, 0.2) is 79.1 Å². The summed E-state index contributed by atoms with van der Waals surface area (Å²) in [5, 5.41) is 1.88. The zero-order valence-electron chi connectivity index (χ0n) is 19.2. The molecule has 4 aromatic rings. The van der Waals surface area contributed by atoms with Crippen LogP contribution in [0.3, 0.4) is 0 Å². The van der Waals surface area contributed by atoms with Crippen LogP contribution in [0.4, 0.5) is 13.2 Å². The Balaban J connectivity index is 1.28. The van der Waals surface area contributed by atoms with Gasteiger partial charge >= 0.3 is 6.18 Å². The largest absolute Gasteiger partial charge is 0.405 e. The molecule has 184 valence electrons. The number of pyridine rings is 1. The lowest BCUT2D eigenvalue weighted by molar-refractivity contribution is -0.138. The van der Waals surface area contributed by atoms with E-state index in [9.17, 15) is 22.8 Å². The molecule has 1 saturated heterocycles. The third kappa shape index (κ3) is 5.10. The Bertz CT molecular complexity index is 1410. The maximum atomic E-state index is 13.0. The van der Waals surface area contributed by atoms with Crippen molar-refractivity contribution in [2.24, 2.45) is 0 Å². The SMILES string of the molecule is O=C(Cc1cccc(-c2cnc3cc(C(=O)N4CC(c5ccccc5)C4)ccn23)c1)NCC(F)(F)F. The molecule has 1 aliphatic heterocycles. The van der Waals surface area contributed by atoms with E-state index in [1.165, 1.54) is 5.56 Å². The van der Waals surface area contributed by atoms with Gasteiger partial charge in [0.25, 0.3) is 5.91 Å². The predicted molar refractivity (Wildman–Crippen MR) is 128 cm³/mol. The Kier molecular flexibility index (Phi) is 6.22. The predicted octanol–water partition coefficient (Wildman–Crippen LogP) is 4.46. The zero-order chi connectivity index (χ0) is 25.3. The highest BCUT2D eigenvalue weighted by atomic mass is 19.4. The molecule has 0 atom stereocenters. The topological polar surface area (TPSA) is 66.7 Å². The van der Waals surface area contributed by atoms with Gasteiger partial charge in [-0.05, 0) is 29.3 Å². The molecule has 6 nitrogen and oxygen atoms in total. The minimum Gasteiger partial charge on any atom is -0.347 e. The monoisotopic (exact) mass is 492 g/mol. The Morgan fingerprint density at radius 2 is 1.78 bits per heavy atom. The summed E-state index contributed by atoms with van der Waals surface area (Å²) in [5.41, 5.74) is 4.48. The van der Waals surface area contributed by atoms with Gasteiger partial charge in [-0.3, -0.25) is 14.0 Å². The van der Waals surface area contributed by atoms with E-state index in [2.05, 4.69) is 17.1 Å². The molecule has 0 aliphatic carbocycles.